The molecule has 0 saturated carbocycles. The van der Waals surface area contributed by atoms with Crippen LogP contribution in [0.3, 0.4) is 0 Å². The number of benzene rings is 2. The van der Waals surface area contributed by atoms with Crippen molar-refractivity contribution in [2.75, 3.05) is 0 Å². The van der Waals surface area contributed by atoms with Gasteiger partial charge >= 0.3 is 0 Å². The smallest absolute Gasteiger partial charge is 0.142 e. The van der Waals surface area contributed by atoms with Crippen molar-refractivity contribution in [2.24, 2.45) is 5.41 Å². The Morgan fingerprint density at radius 2 is 1.19 bits per heavy atom. The van der Waals surface area contributed by atoms with Gasteiger partial charge in [-0.1, -0.05) is 71.0 Å². The minimum atomic E-state index is -0.297. The van der Waals surface area contributed by atoms with E-state index in [9.17, 15) is 4.79 Å². The molecule has 0 bridgehead atoms. The minimum absolute atomic E-state index is 0.118. The lowest BCUT2D eigenvalue weighted by molar-refractivity contribution is -0.125. The maximum atomic E-state index is 12.3. The zero-order chi connectivity index (χ0) is 20.5. The molecule has 2 rings (SSSR count). The van der Waals surface area contributed by atoms with E-state index in [1.54, 1.807) is 0 Å². The van der Waals surface area contributed by atoms with Crippen LogP contribution in [-0.4, -0.2) is 11.4 Å². The molecule has 0 radical (unpaired) electrons. The molecule has 0 aliphatic heterocycles. The van der Waals surface area contributed by atoms with Crippen LogP contribution in [0, 0.1) is 5.41 Å². The molecule has 0 unspecified atom stereocenters. The summed E-state index contributed by atoms with van der Waals surface area (Å²) in [7, 11) is 0. The van der Waals surface area contributed by atoms with E-state index in [2.05, 4.69) is 71.0 Å². The predicted octanol–water partition coefficient (Wildman–Crippen LogP) is 6.35. The maximum Gasteiger partial charge on any atom is 0.142 e. The van der Waals surface area contributed by atoms with Gasteiger partial charge in [-0.05, 0) is 49.6 Å². The largest absolute Gasteiger partial charge is 0.488 e. The molecule has 2 aromatic rings. The molecule has 0 aromatic heterocycles. The van der Waals surface area contributed by atoms with Crippen LogP contribution in [0.15, 0.2) is 48.5 Å². The third-order valence-corrected chi connectivity index (χ3v) is 4.88. The fourth-order valence-corrected chi connectivity index (χ4v) is 2.95. The Kier molecular flexibility index (Phi) is 5.89. The Bertz CT molecular complexity index is 767. The van der Waals surface area contributed by atoms with E-state index >= 15 is 0 Å². The molecule has 0 saturated heterocycles. The average Bonchev–Trinajstić information content (AvgIpc) is 2.53. The summed E-state index contributed by atoms with van der Waals surface area (Å²) in [6, 6.07) is 16.8. The highest BCUT2D eigenvalue weighted by molar-refractivity contribution is 5.85. The number of Topliss-reactive ketones (excluding diaryl/α,β-unsaturated/α-hetero) is 1. The van der Waals surface area contributed by atoms with Crippen molar-refractivity contribution in [1.82, 2.24) is 0 Å². The second kappa shape index (κ2) is 7.50. The van der Waals surface area contributed by atoms with Gasteiger partial charge in [0.25, 0.3) is 0 Å². The first-order valence-corrected chi connectivity index (χ1v) is 9.71. The predicted molar refractivity (Wildman–Crippen MR) is 114 cm³/mol. The van der Waals surface area contributed by atoms with E-state index in [-0.39, 0.29) is 22.2 Å². The summed E-state index contributed by atoms with van der Waals surface area (Å²) in [5, 5.41) is 0. The molecule has 0 aliphatic rings. The molecule has 0 N–H and O–H groups in total. The van der Waals surface area contributed by atoms with Crippen molar-refractivity contribution in [3.05, 3.63) is 65.2 Å². The Hall–Kier alpha value is -2.09. The molecule has 0 atom stereocenters. The van der Waals surface area contributed by atoms with Gasteiger partial charge in [-0.25, -0.2) is 0 Å². The molecule has 27 heavy (non-hydrogen) atoms. The summed E-state index contributed by atoms with van der Waals surface area (Å²) in [5.74, 6) is 1.15. The second-order valence-electron chi connectivity index (χ2n) is 9.91. The van der Waals surface area contributed by atoms with Gasteiger partial charge in [0, 0.05) is 17.3 Å². The lowest BCUT2D eigenvalue weighted by Gasteiger charge is -2.27. The summed E-state index contributed by atoms with van der Waals surface area (Å²) in [5.41, 5.74) is 2.93. The van der Waals surface area contributed by atoms with Gasteiger partial charge in [0.15, 0.2) is 0 Å². The van der Waals surface area contributed by atoms with Crippen LogP contribution < -0.4 is 4.74 Å². The number of hydrogen-bond donors (Lipinski definition) is 0. The van der Waals surface area contributed by atoms with Crippen molar-refractivity contribution in [3.8, 4) is 5.75 Å². The monoisotopic (exact) mass is 366 g/mol. The summed E-state index contributed by atoms with van der Waals surface area (Å²) >= 11 is 0. The van der Waals surface area contributed by atoms with Crippen LogP contribution in [0.25, 0.3) is 0 Å². The highest BCUT2D eigenvalue weighted by Gasteiger charge is 2.24. The topological polar surface area (TPSA) is 26.3 Å². The Balaban J connectivity index is 2.17. The van der Waals surface area contributed by atoms with Gasteiger partial charge in [0.1, 0.15) is 17.1 Å². The molecule has 2 heteroatoms. The molecule has 0 heterocycles. The first-order chi connectivity index (χ1) is 12.3. The van der Waals surface area contributed by atoms with Crippen LogP contribution in [0.1, 0.15) is 72.1 Å². The van der Waals surface area contributed by atoms with E-state index in [4.69, 9.17) is 4.74 Å². The molecule has 2 aromatic carbocycles. The summed E-state index contributed by atoms with van der Waals surface area (Å²) < 4.78 is 5.92. The van der Waals surface area contributed by atoms with Gasteiger partial charge in [-0.2, -0.15) is 0 Å². The first-order valence-electron chi connectivity index (χ1n) is 9.71. The van der Waals surface area contributed by atoms with Gasteiger partial charge in [0.05, 0.1) is 0 Å². The Morgan fingerprint density at radius 3 is 1.59 bits per heavy atom. The van der Waals surface area contributed by atoms with E-state index in [1.807, 2.05) is 32.9 Å². The number of carbonyl (C=O) groups is 1. The molecule has 2 nitrogen and oxygen atoms in total. The number of rotatable bonds is 5. The van der Waals surface area contributed by atoms with Crippen molar-refractivity contribution in [1.29, 1.82) is 0 Å². The molecular weight excluding hydrogens is 332 g/mol. The Morgan fingerprint density at radius 1 is 0.741 bits per heavy atom. The summed E-state index contributed by atoms with van der Waals surface area (Å²) in [6.07, 6.45) is 0.489. The van der Waals surface area contributed by atoms with Crippen LogP contribution in [-0.2, 0) is 16.6 Å². The average molecular weight is 367 g/mol. The normalized spacial score (nSPS) is 12.7. The third-order valence-electron chi connectivity index (χ3n) is 4.88. The quantitative estimate of drug-likeness (QED) is 0.616. The number of ether oxygens (including phenoxy) is 1. The number of carbonyl (C=O) groups excluding carboxylic acids is 1. The van der Waals surface area contributed by atoms with E-state index in [1.165, 1.54) is 11.1 Å². The summed E-state index contributed by atoms with van der Waals surface area (Å²) in [4.78, 5) is 12.3. The molecule has 0 spiro atoms. The van der Waals surface area contributed by atoms with Gasteiger partial charge in [-0.3, -0.25) is 4.79 Å². The Labute approximate surface area is 165 Å². The van der Waals surface area contributed by atoms with Crippen LogP contribution in [0.5, 0.6) is 5.75 Å². The fraction of sp³-hybridized carbons (Fsp3) is 0.480. The van der Waals surface area contributed by atoms with Crippen LogP contribution in [0.4, 0.5) is 0 Å². The minimum Gasteiger partial charge on any atom is -0.488 e. The molecule has 0 aliphatic carbocycles. The van der Waals surface area contributed by atoms with Gasteiger partial charge in [0.2, 0.25) is 0 Å². The third kappa shape index (κ3) is 5.69. The van der Waals surface area contributed by atoms with Crippen molar-refractivity contribution < 1.29 is 9.53 Å². The fourth-order valence-electron chi connectivity index (χ4n) is 2.95. The van der Waals surface area contributed by atoms with E-state index in [0.29, 0.717) is 6.42 Å². The van der Waals surface area contributed by atoms with Crippen LogP contribution >= 0.6 is 0 Å². The van der Waals surface area contributed by atoms with Crippen LogP contribution in [0.2, 0.25) is 0 Å². The number of ketones is 1. The lowest BCUT2D eigenvalue weighted by Crippen LogP contribution is -2.23. The zero-order valence-corrected chi connectivity index (χ0v) is 18.1. The second-order valence-corrected chi connectivity index (χ2v) is 9.91. The zero-order valence-electron chi connectivity index (χ0n) is 18.1. The SMILES string of the molecule is CC(C)(C)Oc1ccc(C(C)(C)c2ccc(CC(=O)C(C)(C)C)cc2)cc1. The van der Waals surface area contributed by atoms with Crippen molar-refractivity contribution in [2.45, 2.75) is 72.8 Å². The molecular formula is C25H34O2. The highest BCUT2D eigenvalue weighted by Crippen LogP contribution is 2.33. The maximum absolute atomic E-state index is 12.3. The number of hydrogen-bond acceptors (Lipinski definition) is 2. The molecule has 0 fully saturated rings. The van der Waals surface area contributed by atoms with Gasteiger partial charge in [-0.15, -0.1) is 0 Å². The summed E-state index contributed by atoms with van der Waals surface area (Å²) in [6.45, 7) is 16.5. The highest BCUT2D eigenvalue weighted by atomic mass is 16.5. The molecule has 146 valence electrons. The van der Waals surface area contributed by atoms with Gasteiger partial charge < -0.3 is 4.74 Å². The van der Waals surface area contributed by atoms with Crippen molar-refractivity contribution >= 4 is 5.78 Å². The lowest BCUT2D eigenvalue weighted by atomic mass is 9.77. The molecule has 0 amide bonds. The van der Waals surface area contributed by atoms with Crippen molar-refractivity contribution in [3.63, 3.8) is 0 Å². The first kappa shape index (κ1) is 21.2. The standard InChI is InChI=1S/C25H34O2/c1-23(2,3)22(26)17-18-9-11-19(12-10-18)25(7,8)20-13-15-21(16-14-20)27-24(4,5)6/h9-16H,17H2,1-8H3. The van der Waals surface area contributed by atoms with E-state index in [0.717, 1.165) is 11.3 Å². The van der Waals surface area contributed by atoms with E-state index < -0.39 is 0 Å².